The Bertz CT molecular complexity index is 353. The molecule has 0 saturated carbocycles. The number of fused-ring (bicyclic) bond motifs is 1. The molecule has 0 aromatic heterocycles. The molecule has 0 bridgehead atoms. The molecule has 2 nitrogen and oxygen atoms in total. The van der Waals surface area contributed by atoms with Crippen LogP contribution in [0.15, 0.2) is 23.2 Å². The van der Waals surface area contributed by atoms with Crippen molar-refractivity contribution in [3.8, 4) is 0 Å². The molecule has 0 radical (unpaired) electrons. The molecule has 1 aliphatic rings. The lowest BCUT2D eigenvalue weighted by Gasteiger charge is -2.03. The van der Waals surface area contributed by atoms with Gasteiger partial charge in [-0.1, -0.05) is 12.1 Å². The molecule has 0 amide bonds. The molecular formula is C11H14N2. The van der Waals surface area contributed by atoms with Crippen LogP contribution in [0, 0.1) is 0 Å². The van der Waals surface area contributed by atoms with E-state index in [1.165, 1.54) is 30.4 Å². The summed E-state index contributed by atoms with van der Waals surface area (Å²) in [4.78, 5) is 3.98. The van der Waals surface area contributed by atoms with Crippen LogP contribution < -0.4 is 5.73 Å². The Labute approximate surface area is 78.5 Å². The zero-order valence-corrected chi connectivity index (χ0v) is 7.88. The Morgan fingerprint density at radius 3 is 2.85 bits per heavy atom. The van der Waals surface area contributed by atoms with Gasteiger partial charge in [0.25, 0.3) is 0 Å². The van der Waals surface area contributed by atoms with Gasteiger partial charge < -0.3 is 5.73 Å². The number of amidine groups is 1. The average molecular weight is 174 g/mol. The zero-order valence-electron chi connectivity index (χ0n) is 7.88. The Morgan fingerprint density at radius 1 is 1.31 bits per heavy atom. The van der Waals surface area contributed by atoms with Gasteiger partial charge in [0.1, 0.15) is 5.84 Å². The minimum Gasteiger partial charge on any atom is -0.384 e. The Hall–Kier alpha value is -1.31. The number of hydrogen-bond donors (Lipinski definition) is 1. The standard InChI is InChI=1S/C11H14N2/c1-13-11(12)10-6-5-8-3-2-4-9(8)7-10/h5-7H,2-4H2,1H3,(H2,12,13). The van der Waals surface area contributed by atoms with Crippen molar-refractivity contribution in [3.05, 3.63) is 34.9 Å². The fraction of sp³-hybridized carbons (Fsp3) is 0.364. The molecule has 1 aliphatic carbocycles. The van der Waals surface area contributed by atoms with Gasteiger partial charge in [0.15, 0.2) is 0 Å². The SMILES string of the molecule is CN=C(N)c1ccc2c(c1)CCC2. The van der Waals surface area contributed by atoms with E-state index in [0.29, 0.717) is 5.84 Å². The first kappa shape index (κ1) is 8.30. The van der Waals surface area contributed by atoms with Gasteiger partial charge in [-0.3, -0.25) is 4.99 Å². The van der Waals surface area contributed by atoms with E-state index >= 15 is 0 Å². The van der Waals surface area contributed by atoms with E-state index in [1.54, 1.807) is 7.05 Å². The highest BCUT2D eigenvalue weighted by atomic mass is 14.8. The molecule has 68 valence electrons. The quantitative estimate of drug-likeness (QED) is 0.508. The highest BCUT2D eigenvalue weighted by Gasteiger charge is 2.11. The van der Waals surface area contributed by atoms with Crippen LogP contribution >= 0.6 is 0 Å². The predicted molar refractivity (Wildman–Crippen MR) is 55.1 cm³/mol. The summed E-state index contributed by atoms with van der Waals surface area (Å²) < 4.78 is 0. The van der Waals surface area contributed by atoms with Crippen LogP contribution in [0.25, 0.3) is 0 Å². The summed E-state index contributed by atoms with van der Waals surface area (Å²) in [7, 11) is 1.72. The van der Waals surface area contributed by atoms with Crippen molar-refractivity contribution < 1.29 is 0 Å². The van der Waals surface area contributed by atoms with Gasteiger partial charge in [-0.25, -0.2) is 0 Å². The Balaban J connectivity index is 2.41. The molecular weight excluding hydrogens is 160 g/mol. The van der Waals surface area contributed by atoms with Crippen LogP contribution in [-0.2, 0) is 12.8 Å². The number of nitrogens with two attached hydrogens (primary N) is 1. The lowest BCUT2D eigenvalue weighted by Crippen LogP contribution is -2.13. The molecule has 0 unspecified atom stereocenters. The second kappa shape index (κ2) is 3.21. The third-order valence-electron chi connectivity index (χ3n) is 2.64. The van der Waals surface area contributed by atoms with Gasteiger partial charge >= 0.3 is 0 Å². The van der Waals surface area contributed by atoms with Crippen molar-refractivity contribution in [2.24, 2.45) is 10.7 Å². The number of hydrogen-bond acceptors (Lipinski definition) is 1. The van der Waals surface area contributed by atoms with Gasteiger partial charge in [0.2, 0.25) is 0 Å². The fourth-order valence-electron chi connectivity index (χ4n) is 1.86. The topological polar surface area (TPSA) is 38.4 Å². The van der Waals surface area contributed by atoms with Crippen LogP contribution in [-0.4, -0.2) is 12.9 Å². The average Bonchev–Trinajstić information content (AvgIpc) is 2.63. The van der Waals surface area contributed by atoms with E-state index in [4.69, 9.17) is 5.73 Å². The Morgan fingerprint density at radius 2 is 2.08 bits per heavy atom. The number of rotatable bonds is 1. The normalized spacial score (nSPS) is 15.9. The minimum absolute atomic E-state index is 0.634. The maximum atomic E-state index is 5.74. The largest absolute Gasteiger partial charge is 0.384 e. The summed E-state index contributed by atoms with van der Waals surface area (Å²) >= 11 is 0. The van der Waals surface area contributed by atoms with Gasteiger partial charge in [-0.15, -0.1) is 0 Å². The second-order valence-electron chi connectivity index (χ2n) is 3.45. The van der Waals surface area contributed by atoms with Crippen molar-refractivity contribution in [2.75, 3.05) is 7.05 Å². The molecule has 2 heteroatoms. The smallest absolute Gasteiger partial charge is 0.125 e. The van der Waals surface area contributed by atoms with Gasteiger partial charge in [-0.2, -0.15) is 0 Å². The van der Waals surface area contributed by atoms with Crippen molar-refractivity contribution in [1.82, 2.24) is 0 Å². The van der Waals surface area contributed by atoms with E-state index in [9.17, 15) is 0 Å². The highest BCUT2D eigenvalue weighted by Crippen LogP contribution is 2.22. The van der Waals surface area contributed by atoms with Crippen molar-refractivity contribution in [1.29, 1.82) is 0 Å². The van der Waals surface area contributed by atoms with Crippen LogP contribution in [0.1, 0.15) is 23.1 Å². The van der Waals surface area contributed by atoms with E-state index < -0.39 is 0 Å². The van der Waals surface area contributed by atoms with Crippen molar-refractivity contribution in [2.45, 2.75) is 19.3 Å². The van der Waals surface area contributed by atoms with Crippen LogP contribution in [0.5, 0.6) is 0 Å². The summed E-state index contributed by atoms with van der Waals surface area (Å²) in [6.45, 7) is 0. The molecule has 0 atom stereocenters. The highest BCUT2D eigenvalue weighted by molar-refractivity contribution is 5.97. The first-order chi connectivity index (χ1) is 6.31. The lowest BCUT2D eigenvalue weighted by molar-refractivity contribution is 0.912. The molecule has 1 aromatic carbocycles. The molecule has 0 saturated heterocycles. The summed E-state index contributed by atoms with van der Waals surface area (Å²) in [5.41, 5.74) is 9.72. The van der Waals surface area contributed by atoms with E-state index in [2.05, 4.69) is 23.2 Å². The maximum Gasteiger partial charge on any atom is 0.125 e. The molecule has 0 heterocycles. The minimum atomic E-state index is 0.634. The number of aliphatic imine (C=N–C) groups is 1. The van der Waals surface area contributed by atoms with Crippen LogP contribution in [0.4, 0.5) is 0 Å². The molecule has 0 aliphatic heterocycles. The van der Waals surface area contributed by atoms with E-state index in [0.717, 1.165) is 5.56 Å². The summed E-state index contributed by atoms with van der Waals surface area (Å²) in [6, 6.07) is 6.41. The van der Waals surface area contributed by atoms with Gasteiger partial charge in [0.05, 0.1) is 0 Å². The molecule has 13 heavy (non-hydrogen) atoms. The van der Waals surface area contributed by atoms with Crippen LogP contribution in [0.2, 0.25) is 0 Å². The third kappa shape index (κ3) is 1.44. The maximum absolute atomic E-state index is 5.74. The monoisotopic (exact) mass is 174 g/mol. The summed E-state index contributed by atoms with van der Waals surface area (Å²) in [6.07, 6.45) is 3.70. The Kier molecular flexibility index (Phi) is 2.05. The molecule has 2 N–H and O–H groups in total. The zero-order chi connectivity index (χ0) is 9.26. The molecule has 2 rings (SSSR count). The van der Waals surface area contributed by atoms with Crippen LogP contribution in [0.3, 0.4) is 0 Å². The first-order valence-corrected chi connectivity index (χ1v) is 4.65. The molecule has 0 fully saturated rings. The number of aryl methyl sites for hydroxylation is 2. The van der Waals surface area contributed by atoms with E-state index in [-0.39, 0.29) is 0 Å². The second-order valence-corrected chi connectivity index (χ2v) is 3.45. The summed E-state index contributed by atoms with van der Waals surface area (Å²) in [5.74, 6) is 0.634. The third-order valence-corrected chi connectivity index (χ3v) is 2.64. The predicted octanol–water partition coefficient (Wildman–Crippen LogP) is 1.51. The van der Waals surface area contributed by atoms with Crippen molar-refractivity contribution >= 4 is 5.84 Å². The summed E-state index contributed by atoms with van der Waals surface area (Å²) in [5, 5.41) is 0. The van der Waals surface area contributed by atoms with Gasteiger partial charge in [-0.05, 0) is 36.5 Å². The van der Waals surface area contributed by atoms with Crippen molar-refractivity contribution in [3.63, 3.8) is 0 Å². The molecule has 0 spiro atoms. The van der Waals surface area contributed by atoms with E-state index in [1.807, 2.05) is 0 Å². The fourth-order valence-corrected chi connectivity index (χ4v) is 1.86. The van der Waals surface area contributed by atoms with Gasteiger partial charge in [0, 0.05) is 12.6 Å². The lowest BCUT2D eigenvalue weighted by atomic mass is 10.1. The number of benzene rings is 1. The molecule has 1 aromatic rings. The first-order valence-electron chi connectivity index (χ1n) is 4.65. The number of nitrogens with zero attached hydrogens (tertiary/aromatic N) is 1.